The van der Waals surface area contributed by atoms with Gasteiger partial charge >= 0.3 is 0 Å². The van der Waals surface area contributed by atoms with Crippen molar-refractivity contribution in [2.45, 2.75) is 26.3 Å². The van der Waals surface area contributed by atoms with Crippen LogP contribution >= 0.6 is 11.6 Å². The van der Waals surface area contributed by atoms with Crippen LogP contribution in [0.1, 0.15) is 35.2 Å². The average Bonchev–Trinajstić information content (AvgIpc) is 3.10. The van der Waals surface area contributed by atoms with Gasteiger partial charge in [-0.1, -0.05) is 67.1 Å². The zero-order chi connectivity index (χ0) is 23.7. The number of nitrogens with zero attached hydrogens (tertiary/aromatic N) is 1. The number of hydrogen-bond donors (Lipinski definition) is 1. The van der Waals surface area contributed by atoms with E-state index < -0.39 is 17.7 Å². The normalized spacial score (nSPS) is 17.5. The van der Waals surface area contributed by atoms with E-state index in [1.807, 2.05) is 26.0 Å². The summed E-state index contributed by atoms with van der Waals surface area (Å²) in [5, 5.41) is 11.7. The average molecular weight is 462 g/mol. The molecule has 0 aliphatic carbocycles. The third-order valence-electron chi connectivity index (χ3n) is 5.95. The summed E-state index contributed by atoms with van der Waals surface area (Å²) in [7, 11) is 1.53. The summed E-state index contributed by atoms with van der Waals surface area (Å²) >= 11 is 6.34. The number of halogens is 1. The highest BCUT2D eigenvalue weighted by Gasteiger charge is 2.48. The van der Waals surface area contributed by atoms with Crippen molar-refractivity contribution in [3.05, 3.63) is 99.6 Å². The van der Waals surface area contributed by atoms with Gasteiger partial charge in [0, 0.05) is 21.8 Å². The zero-order valence-electron chi connectivity index (χ0n) is 18.6. The van der Waals surface area contributed by atoms with Crippen molar-refractivity contribution in [2.75, 3.05) is 12.0 Å². The lowest BCUT2D eigenvalue weighted by Gasteiger charge is -2.27. The summed E-state index contributed by atoms with van der Waals surface area (Å²) in [6, 6.07) is 18.7. The van der Waals surface area contributed by atoms with Gasteiger partial charge in [-0.2, -0.15) is 0 Å². The monoisotopic (exact) mass is 461 g/mol. The highest BCUT2D eigenvalue weighted by Crippen LogP contribution is 2.45. The fourth-order valence-electron chi connectivity index (χ4n) is 4.07. The highest BCUT2D eigenvalue weighted by molar-refractivity contribution is 6.52. The number of aryl methyl sites for hydroxylation is 2. The van der Waals surface area contributed by atoms with Crippen LogP contribution in [0.5, 0.6) is 5.75 Å². The lowest BCUT2D eigenvalue weighted by atomic mass is 9.94. The fourth-order valence-corrected chi connectivity index (χ4v) is 4.25. The second kappa shape index (κ2) is 9.12. The van der Waals surface area contributed by atoms with Crippen molar-refractivity contribution in [2.24, 2.45) is 0 Å². The maximum atomic E-state index is 13.3. The molecule has 0 aromatic heterocycles. The maximum Gasteiger partial charge on any atom is 0.300 e. The van der Waals surface area contributed by atoms with E-state index in [-0.39, 0.29) is 11.3 Å². The van der Waals surface area contributed by atoms with Gasteiger partial charge in [-0.3, -0.25) is 14.5 Å². The lowest BCUT2D eigenvalue weighted by molar-refractivity contribution is -0.132. The van der Waals surface area contributed by atoms with E-state index >= 15 is 0 Å². The number of rotatable bonds is 5. The molecule has 1 fully saturated rings. The molecule has 3 aromatic carbocycles. The maximum absolute atomic E-state index is 13.3. The summed E-state index contributed by atoms with van der Waals surface area (Å²) in [5.41, 5.74) is 3.47. The number of methoxy groups -OCH3 is 1. The number of aliphatic hydroxyl groups excluding tert-OH is 1. The Balaban J connectivity index is 1.97. The zero-order valence-corrected chi connectivity index (χ0v) is 19.4. The van der Waals surface area contributed by atoms with Crippen molar-refractivity contribution in [1.82, 2.24) is 0 Å². The Kier molecular flexibility index (Phi) is 6.25. The van der Waals surface area contributed by atoms with Gasteiger partial charge in [0.05, 0.1) is 18.7 Å². The van der Waals surface area contributed by atoms with Crippen LogP contribution in [0.3, 0.4) is 0 Å². The molecule has 3 aromatic rings. The second-order valence-electron chi connectivity index (χ2n) is 7.90. The van der Waals surface area contributed by atoms with Gasteiger partial charge in [-0.25, -0.2) is 0 Å². The van der Waals surface area contributed by atoms with Gasteiger partial charge in [-0.05, 0) is 42.7 Å². The quantitative estimate of drug-likeness (QED) is 0.294. The van der Waals surface area contributed by atoms with Gasteiger partial charge in [0.2, 0.25) is 0 Å². The molecule has 33 heavy (non-hydrogen) atoms. The number of para-hydroxylation sites is 1. The van der Waals surface area contributed by atoms with E-state index in [0.29, 0.717) is 27.6 Å². The Bertz CT molecular complexity index is 1260. The van der Waals surface area contributed by atoms with Crippen LogP contribution in [0, 0.1) is 6.92 Å². The van der Waals surface area contributed by atoms with Gasteiger partial charge in [0.15, 0.2) is 0 Å². The molecule has 168 valence electrons. The van der Waals surface area contributed by atoms with E-state index in [1.165, 1.54) is 12.0 Å². The van der Waals surface area contributed by atoms with Crippen molar-refractivity contribution in [3.63, 3.8) is 0 Å². The number of ketones is 1. The molecule has 1 amide bonds. The number of carbonyl (C=O) groups excluding carboxylic acids is 2. The van der Waals surface area contributed by atoms with Crippen LogP contribution < -0.4 is 9.64 Å². The molecule has 0 bridgehead atoms. The van der Waals surface area contributed by atoms with E-state index in [1.54, 1.807) is 54.6 Å². The SMILES string of the molecule is CCc1ccc(/C(O)=C2\C(=O)C(=O)N(c3ccc(C)c(Cl)c3)C2c2ccccc2OC)cc1. The Morgan fingerprint density at radius 3 is 2.39 bits per heavy atom. The van der Waals surface area contributed by atoms with E-state index in [4.69, 9.17) is 16.3 Å². The molecular weight excluding hydrogens is 438 g/mol. The molecule has 1 atom stereocenters. The first kappa shape index (κ1) is 22.6. The van der Waals surface area contributed by atoms with Crippen LogP contribution in [0.15, 0.2) is 72.3 Å². The Hall–Kier alpha value is -3.57. The Morgan fingerprint density at radius 2 is 1.76 bits per heavy atom. The molecular formula is C27H24ClNO4. The predicted octanol–water partition coefficient (Wildman–Crippen LogP) is 5.85. The summed E-state index contributed by atoms with van der Waals surface area (Å²) in [6.45, 7) is 3.90. The summed E-state index contributed by atoms with van der Waals surface area (Å²) in [5.74, 6) is -1.23. The van der Waals surface area contributed by atoms with Gasteiger partial charge in [0.1, 0.15) is 11.5 Å². The predicted molar refractivity (Wildman–Crippen MR) is 130 cm³/mol. The van der Waals surface area contributed by atoms with Crippen molar-refractivity contribution in [1.29, 1.82) is 0 Å². The Morgan fingerprint density at radius 1 is 1.06 bits per heavy atom. The standard InChI is InChI=1S/C27H24ClNO4/c1-4-17-10-12-18(13-11-17)25(30)23-24(20-7-5-6-8-22(20)33-3)29(27(32)26(23)31)19-14-9-16(2)21(28)15-19/h5-15,24,30H,4H2,1-3H3/b25-23+. The molecule has 0 saturated carbocycles. The smallest absolute Gasteiger partial charge is 0.300 e. The van der Waals surface area contributed by atoms with Crippen LogP contribution in [0.4, 0.5) is 5.69 Å². The third-order valence-corrected chi connectivity index (χ3v) is 6.35. The van der Waals surface area contributed by atoms with E-state index in [9.17, 15) is 14.7 Å². The van der Waals surface area contributed by atoms with Gasteiger partial charge in [0.25, 0.3) is 11.7 Å². The number of aliphatic hydroxyl groups is 1. The lowest BCUT2D eigenvalue weighted by Crippen LogP contribution is -2.29. The molecule has 1 N–H and O–H groups in total. The third kappa shape index (κ3) is 4.00. The van der Waals surface area contributed by atoms with Crippen LogP contribution in [0.2, 0.25) is 5.02 Å². The number of amides is 1. The molecule has 1 aliphatic rings. The molecule has 1 unspecified atom stereocenters. The summed E-state index contributed by atoms with van der Waals surface area (Å²) in [6.07, 6.45) is 0.848. The number of ether oxygens (including phenoxy) is 1. The number of Topliss-reactive ketones (excluding diaryl/α,β-unsaturated/α-hetero) is 1. The first-order valence-electron chi connectivity index (χ1n) is 10.7. The van der Waals surface area contributed by atoms with E-state index in [2.05, 4.69) is 0 Å². The van der Waals surface area contributed by atoms with E-state index in [0.717, 1.165) is 17.5 Å². The van der Waals surface area contributed by atoms with Crippen LogP contribution in [-0.4, -0.2) is 23.9 Å². The molecule has 1 heterocycles. The first-order chi connectivity index (χ1) is 15.9. The second-order valence-corrected chi connectivity index (χ2v) is 8.30. The first-order valence-corrected chi connectivity index (χ1v) is 11.0. The van der Waals surface area contributed by atoms with Crippen molar-refractivity contribution in [3.8, 4) is 5.75 Å². The fraction of sp³-hybridized carbons (Fsp3) is 0.185. The van der Waals surface area contributed by atoms with Gasteiger partial charge < -0.3 is 9.84 Å². The summed E-state index contributed by atoms with van der Waals surface area (Å²) < 4.78 is 5.54. The molecule has 5 nitrogen and oxygen atoms in total. The minimum atomic E-state index is -0.884. The molecule has 1 saturated heterocycles. The molecule has 1 aliphatic heterocycles. The van der Waals surface area contributed by atoms with Gasteiger partial charge in [-0.15, -0.1) is 0 Å². The molecule has 4 rings (SSSR count). The van der Waals surface area contributed by atoms with Crippen molar-refractivity contribution < 1.29 is 19.4 Å². The number of benzene rings is 3. The van der Waals surface area contributed by atoms with Crippen LogP contribution in [-0.2, 0) is 16.0 Å². The van der Waals surface area contributed by atoms with Crippen molar-refractivity contribution >= 4 is 34.7 Å². The highest BCUT2D eigenvalue weighted by atomic mass is 35.5. The Labute approximate surface area is 197 Å². The summed E-state index contributed by atoms with van der Waals surface area (Å²) in [4.78, 5) is 27.9. The number of anilines is 1. The van der Waals surface area contributed by atoms with Crippen LogP contribution in [0.25, 0.3) is 5.76 Å². The number of carbonyl (C=O) groups is 2. The molecule has 6 heteroatoms. The number of hydrogen-bond acceptors (Lipinski definition) is 4. The molecule has 0 spiro atoms. The minimum absolute atomic E-state index is 0.00504. The minimum Gasteiger partial charge on any atom is -0.507 e. The molecule has 0 radical (unpaired) electrons. The topological polar surface area (TPSA) is 66.8 Å². The largest absolute Gasteiger partial charge is 0.507 e.